The number of aromatic amines is 1. The Morgan fingerprint density at radius 2 is 2.06 bits per heavy atom. The Balaban J connectivity index is 1.32. The van der Waals surface area contributed by atoms with Crippen molar-refractivity contribution in [3.63, 3.8) is 0 Å². The SMILES string of the molecule is C=C1NCCC12CCN(c1cc(-c3n[nH]c4c3CC=C(CCCOC)C=C4)ncn1)CC2. The van der Waals surface area contributed by atoms with E-state index < -0.39 is 0 Å². The topological polar surface area (TPSA) is 79.0 Å². The van der Waals surface area contributed by atoms with Crippen LogP contribution in [0.15, 0.2) is 42.4 Å². The lowest BCUT2D eigenvalue weighted by Gasteiger charge is -2.40. The second-order valence-electron chi connectivity index (χ2n) is 9.06. The highest BCUT2D eigenvalue weighted by atomic mass is 16.5. The van der Waals surface area contributed by atoms with Crippen LogP contribution < -0.4 is 10.2 Å². The summed E-state index contributed by atoms with van der Waals surface area (Å²) in [6.07, 6.45) is 14.6. The molecule has 168 valence electrons. The first-order chi connectivity index (χ1) is 15.7. The van der Waals surface area contributed by atoms with Crippen LogP contribution in [0, 0.1) is 5.41 Å². The molecule has 4 heterocycles. The fraction of sp³-hybridized carbons (Fsp3) is 0.480. The molecule has 1 spiro atoms. The average molecular weight is 433 g/mol. The molecule has 0 bridgehead atoms. The lowest BCUT2D eigenvalue weighted by Crippen LogP contribution is -2.40. The third-order valence-corrected chi connectivity index (χ3v) is 7.27. The number of fused-ring (bicyclic) bond motifs is 1. The van der Waals surface area contributed by atoms with Crippen LogP contribution in [0.5, 0.6) is 0 Å². The molecule has 7 nitrogen and oxygen atoms in total. The predicted molar refractivity (Wildman–Crippen MR) is 127 cm³/mol. The van der Waals surface area contributed by atoms with Crippen molar-refractivity contribution in [2.45, 2.75) is 38.5 Å². The molecular formula is C25H32N6O. The van der Waals surface area contributed by atoms with E-state index >= 15 is 0 Å². The maximum Gasteiger partial charge on any atom is 0.132 e. The number of aromatic nitrogens is 4. The number of piperidine rings is 1. The normalized spacial score (nSPS) is 19.6. The van der Waals surface area contributed by atoms with Crippen LogP contribution in [0.25, 0.3) is 17.5 Å². The molecule has 3 aliphatic rings. The molecule has 0 radical (unpaired) electrons. The third-order valence-electron chi connectivity index (χ3n) is 7.27. The average Bonchev–Trinajstić information content (AvgIpc) is 3.32. The maximum atomic E-state index is 5.19. The van der Waals surface area contributed by atoms with Crippen molar-refractivity contribution in [1.82, 2.24) is 25.5 Å². The van der Waals surface area contributed by atoms with E-state index in [1.165, 1.54) is 23.3 Å². The van der Waals surface area contributed by atoms with Crippen molar-refractivity contribution in [3.8, 4) is 11.4 Å². The highest BCUT2D eigenvalue weighted by molar-refractivity contribution is 5.69. The second kappa shape index (κ2) is 8.90. The molecule has 0 saturated carbocycles. The molecule has 2 fully saturated rings. The first kappa shape index (κ1) is 20.9. The van der Waals surface area contributed by atoms with Gasteiger partial charge in [0.1, 0.15) is 17.8 Å². The van der Waals surface area contributed by atoms with Crippen molar-refractivity contribution in [1.29, 1.82) is 0 Å². The zero-order valence-corrected chi connectivity index (χ0v) is 18.9. The van der Waals surface area contributed by atoms with Gasteiger partial charge in [-0.2, -0.15) is 5.10 Å². The maximum absolute atomic E-state index is 5.19. The number of rotatable bonds is 6. The van der Waals surface area contributed by atoms with E-state index in [0.29, 0.717) is 0 Å². The summed E-state index contributed by atoms with van der Waals surface area (Å²) in [6, 6.07) is 2.09. The molecular weight excluding hydrogens is 400 g/mol. The van der Waals surface area contributed by atoms with Crippen molar-refractivity contribution in [2.24, 2.45) is 5.41 Å². The van der Waals surface area contributed by atoms with Crippen molar-refractivity contribution < 1.29 is 4.74 Å². The van der Waals surface area contributed by atoms with Crippen LogP contribution in [0.1, 0.15) is 43.4 Å². The molecule has 5 rings (SSSR count). The summed E-state index contributed by atoms with van der Waals surface area (Å²) in [5.41, 5.74) is 6.89. The monoisotopic (exact) mass is 432 g/mol. The molecule has 2 aliphatic heterocycles. The van der Waals surface area contributed by atoms with Gasteiger partial charge in [0, 0.05) is 56.1 Å². The molecule has 32 heavy (non-hydrogen) atoms. The van der Waals surface area contributed by atoms with Gasteiger partial charge in [-0.25, -0.2) is 9.97 Å². The van der Waals surface area contributed by atoms with E-state index in [9.17, 15) is 0 Å². The lowest BCUT2D eigenvalue weighted by atomic mass is 9.76. The molecule has 7 heteroatoms. The van der Waals surface area contributed by atoms with E-state index in [0.717, 1.165) is 81.2 Å². The van der Waals surface area contributed by atoms with Gasteiger partial charge in [-0.05, 0) is 44.6 Å². The van der Waals surface area contributed by atoms with Gasteiger partial charge in [0.2, 0.25) is 0 Å². The van der Waals surface area contributed by atoms with Gasteiger partial charge in [-0.3, -0.25) is 5.10 Å². The van der Waals surface area contributed by atoms with Gasteiger partial charge < -0.3 is 15.0 Å². The van der Waals surface area contributed by atoms with Crippen LogP contribution in [0.3, 0.4) is 0 Å². The van der Waals surface area contributed by atoms with Crippen LogP contribution in [-0.4, -0.2) is 53.5 Å². The third kappa shape index (κ3) is 3.97. The molecule has 0 atom stereocenters. The van der Waals surface area contributed by atoms with Crippen LogP contribution in [-0.2, 0) is 11.2 Å². The first-order valence-corrected chi connectivity index (χ1v) is 11.6. The molecule has 1 aliphatic carbocycles. The van der Waals surface area contributed by atoms with Crippen molar-refractivity contribution in [3.05, 3.63) is 53.7 Å². The largest absolute Gasteiger partial charge is 0.388 e. The fourth-order valence-corrected chi connectivity index (χ4v) is 5.19. The fourth-order valence-electron chi connectivity index (χ4n) is 5.19. The summed E-state index contributed by atoms with van der Waals surface area (Å²) >= 11 is 0. The van der Waals surface area contributed by atoms with Gasteiger partial charge in [-0.15, -0.1) is 0 Å². The number of hydrogen-bond donors (Lipinski definition) is 2. The van der Waals surface area contributed by atoms with Crippen LogP contribution in [0.4, 0.5) is 5.82 Å². The Morgan fingerprint density at radius 1 is 1.19 bits per heavy atom. The Hall–Kier alpha value is -2.93. The number of hydrogen-bond acceptors (Lipinski definition) is 6. The van der Waals surface area contributed by atoms with Gasteiger partial charge >= 0.3 is 0 Å². The van der Waals surface area contributed by atoms with Crippen molar-refractivity contribution >= 4 is 11.9 Å². The molecule has 0 amide bonds. The van der Waals surface area contributed by atoms with E-state index in [-0.39, 0.29) is 5.41 Å². The van der Waals surface area contributed by atoms with Gasteiger partial charge in [0.25, 0.3) is 0 Å². The summed E-state index contributed by atoms with van der Waals surface area (Å²) in [5.74, 6) is 0.984. The minimum Gasteiger partial charge on any atom is -0.388 e. The molecule has 0 unspecified atom stereocenters. The summed E-state index contributed by atoms with van der Waals surface area (Å²) in [5, 5.41) is 11.3. The highest BCUT2D eigenvalue weighted by Gasteiger charge is 2.40. The lowest BCUT2D eigenvalue weighted by molar-refractivity contribution is 0.195. The number of nitrogens with zero attached hydrogens (tertiary/aromatic N) is 4. The Kier molecular flexibility index (Phi) is 5.83. The van der Waals surface area contributed by atoms with Gasteiger partial charge in [-0.1, -0.05) is 24.3 Å². The summed E-state index contributed by atoms with van der Waals surface area (Å²) in [6.45, 7) is 8.09. The van der Waals surface area contributed by atoms with Gasteiger partial charge in [0.05, 0.1) is 11.4 Å². The molecule has 2 aromatic rings. The summed E-state index contributed by atoms with van der Waals surface area (Å²) < 4.78 is 5.19. The van der Waals surface area contributed by atoms with Gasteiger partial charge in [0.15, 0.2) is 0 Å². The van der Waals surface area contributed by atoms with E-state index in [4.69, 9.17) is 4.74 Å². The Labute approximate surface area is 189 Å². The minimum atomic E-state index is 0.269. The Morgan fingerprint density at radius 3 is 2.84 bits per heavy atom. The number of ether oxygens (including phenoxy) is 1. The van der Waals surface area contributed by atoms with Crippen molar-refractivity contribution in [2.75, 3.05) is 38.3 Å². The van der Waals surface area contributed by atoms with E-state index in [1.54, 1.807) is 13.4 Å². The van der Waals surface area contributed by atoms with E-state index in [2.05, 4.69) is 61.3 Å². The number of allylic oxidation sites excluding steroid dienone is 4. The number of H-pyrrole nitrogens is 1. The molecule has 2 aromatic heterocycles. The van der Waals surface area contributed by atoms with Crippen LogP contribution >= 0.6 is 0 Å². The van der Waals surface area contributed by atoms with Crippen LogP contribution in [0.2, 0.25) is 0 Å². The summed E-state index contributed by atoms with van der Waals surface area (Å²) in [4.78, 5) is 11.5. The quantitative estimate of drug-likeness (QED) is 0.675. The standard InChI is InChI=1S/C25H32N6O/c1-18-25(9-12-26-18)10-13-31(14-11-25)23-16-22(27-17-28-23)24-20-7-5-19(4-3-15-32-2)6-8-21(20)29-30-24/h5-6,8,16-17,26H,1,3-4,7,9-15H2,2H3,(H,29,30). The molecule has 2 N–H and O–H groups in total. The second-order valence-corrected chi connectivity index (χ2v) is 9.06. The number of methoxy groups -OCH3 is 1. The summed E-state index contributed by atoms with van der Waals surface area (Å²) in [7, 11) is 1.75. The predicted octanol–water partition coefficient (Wildman–Crippen LogP) is 3.88. The molecule has 2 saturated heterocycles. The number of nitrogens with one attached hydrogen (secondary N) is 2. The molecule has 0 aromatic carbocycles. The zero-order valence-electron chi connectivity index (χ0n) is 18.9. The highest BCUT2D eigenvalue weighted by Crippen LogP contribution is 2.43. The minimum absolute atomic E-state index is 0.269. The van der Waals surface area contributed by atoms with E-state index in [1.807, 2.05) is 0 Å². The Bertz CT molecular complexity index is 1040. The zero-order chi connectivity index (χ0) is 22.0. The first-order valence-electron chi connectivity index (χ1n) is 11.6. The number of anilines is 1. The smallest absolute Gasteiger partial charge is 0.132 e.